The summed E-state index contributed by atoms with van der Waals surface area (Å²) in [6.07, 6.45) is 0.777. The molecule has 0 heterocycles. The quantitative estimate of drug-likeness (QED) is 0.784. The molecule has 1 rings (SSSR count). The molecule has 0 spiro atoms. The van der Waals surface area contributed by atoms with Crippen LogP contribution in [0.25, 0.3) is 0 Å². The first-order valence-corrected chi connectivity index (χ1v) is 4.76. The maximum absolute atomic E-state index is 10.5. The van der Waals surface area contributed by atoms with Crippen molar-refractivity contribution in [1.29, 1.82) is 0 Å². The van der Waals surface area contributed by atoms with E-state index in [1.165, 1.54) is 0 Å². The Morgan fingerprint density at radius 3 is 2.58 bits per heavy atom. The lowest BCUT2D eigenvalue weighted by Crippen LogP contribution is -1.90. The van der Waals surface area contributed by atoms with E-state index in [-0.39, 0.29) is 0 Å². The van der Waals surface area contributed by atoms with Gasteiger partial charge in [-0.15, -0.1) is 0 Å². The van der Waals surface area contributed by atoms with Crippen molar-refractivity contribution in [2.75, 3.05) is 7.11 Å². The monoisotopic (exact) mass is 292 g/mol. The highest BCUT2D eigenvalue weighted by Crippen LogP contribution is 2.34. The van der Waals surface area contributed by atoms with Crippen molar-refractivity contribution < 1.29 is 9.53 Å². The summed E-state index contributed by atoms with van der Waals surface area (Å²) < 4.78 is 6.56. The van der Waals surface area contributed by atoms with Crippen molar-refractivity contribution in [2.45, 2.75) is 0 Å². The van der Waals surface area contributed by atoms with Crippen LogP contribution in [0.1, 0.15) is 10.4 Å². The second kappa shape index (κ2) is 4.05. The van der Waals surface area contributed by atoms with Gasteiger partial charge in [0.15, 0.2) is 6.29 Å². The molecule has 0 saturated heterocycles. The second-order valence-corrected chi connectivity index (χ2v) is 3.75. The van der Waals surface area contributed by atoms with E-state index in [4.69, 9.17) is 4.74 Å². The Bertz CT molecular complexity index is 310. The molecule has 0 aliphatic heterocycles. The molecule has 0 fully saturated rings. The molecule has 0 aliphatic carbocycles. The van der Waals surface area contributed by atoms with Crippen LogP contribution < -0.4 is 4.74 Å². The predicted molar refractivity (Wildman–Crippen MR) is 53.8 cm³/mol. The van der Waals surface area contributed by atoms with E-state index in [0.717, 1.165) is 10.8 Å². The summed E-state index contributed by atoms with van der Waals surface area (Å²) in [5.41, 5.74) is 0.579. The Kier molecular flexibility index (Phi) is 3.29. The van der Waals surface area contributed by atoms with Gasteiger partial charge in [0.2, 0.25) is 0 Å². The number of hydrogen-bond donors (Lipinski definition) is 0. The fraction of sp³-hybridized carbons (Fsp3) is 0.125. The number of hydrogen-bond acceptors (Lipinski definition) is 2. The van der Waals surface area contributed by atoms with Gasteiger partial charge in [-0.1, -0.05) is 0 Å². The molecular weight excluding hydrogens is 288 g/mol. The minimum absolute atomic E-state index is 0.579. The number of ether oxygens (including phenoxy) is 1. The highest BCUT2D eigenvalue weighted by Gasteiger charge is 2.08. The molecule has 0 N–H and O–H groups in total. The van der Waals surface area contributed by atoms with E-state index in [9.17, 15) is 4.79 Å². The highest BCUT2D eigenvalue weighted by atomic mass is 79.9. The maximum Gasteiger partial charge on any atom is 0.151 e. The van der Waals surface area contributed by atoms with E-state index in [1.807, 2.05) is 0 Å². The van der Waals surface area contributed by atoms with Crippen LogP contribution in [0.3, 0.4) is 0 Å². The molecule has 0 aliphatic rings. The summed E-state index contributed by atoms with van der Waals surface area (Å²) in [6, 6.07) is 3.48. The van der Waals surface area contributed by atoms with Gasteiger partial charge in [-0.05, 0) is 44.0 Å². The van der Waals surface area contributed by atoms with Crippen molar-refractivity contribution in [3.8, 4) is 5.75 Å². The Hall–Kier alpha value is -0.350. The standard InChI is InChI=1S/C8H6Br2O2/c1-12-8-6(9)3-2-5(4-11)7(8)10/h2-4H,1H3. The minimum Gasteiger partial charge on any atom is -0.494 e. The van der Waals surface area contributed by atoms with Crippen LogP contribution in [0.15, 0.2) is 21.1 Å². The molecule has 0 unspecified atom stereocenters. The van der Waals surface area contributed by atoms with Crippen LogP contribution >= 0.6 is 31.9 Å². The summed E-state index contributed by atoms with van der Waals surface area (Å²) in [5, 5.41) is 0. The molecule has 0 atom stereocenters. The van der Waals surface area contributed by atoms with Crippen molar-refractivity contribution in [3.63, 3.8) is 0 Å². The first kappa shape index (κ1) is 9.74. The SMILES string of the molecule is COc1c(Br)ccc(C=O)c1Br. The molecule has 0 saturated carbocycles. The number of halogens is 2. The number of carbonyl (C=O) groups is 1. The van der Waals surface area contributed by atoms with Gasteiger partial charge < -0.3 is 4.74 Å². The lowest BCUT2D eigenvalue weighted by atomic mass is 10.2. The molecule has 64 valence electrons. The third-order valence-corrected chi connectivity index (χ3v) is 2.85. The van der Waals surface area contributed by atoms with Gasteiger partial charge in [0, 0.05) is 5.56 Å². The average Bonchev–Trinajstić information content (AvgIpc) is 2.06. The van der Waals surface area contributed by atoms with Crippen molar-refractivity contribution >= 4 is 38.1 Å². The van der Waals surface area contributed by atoms with E-state index in [2.05, 4.69) is 31.9 Å². The van der Waals surface area contributed by atoms with E-state index >= 15 is 0 Å². The van der Waals surface area contributed by atoms with E-state index < -0.39 is 0 Å². The number of methoxy groups -OCH3 is 1. The van der Waals surface area contributed by atoms with Gasteiger partial charge in [-0.2, -0.15) is 0 Å². The predicted octanol–water partition coefficient (Wildman–Crippen LogP) is 3.03. The van der Waals surface area contributed by atoms with E-state index in [1.54, 1.807) is 19.2 Å². The smallest absolute Gasteiger partial charge is 0.151 e. The molecule has 12 heavy (non-hydrogen) atoms. The zero-order valence-electron chi connectivity index (χ0n) is 6.30. The molecule has 4 heteroatoms. The largest absolute Gasteiger partial charge is 0.494 e. The van der Waals surface area contributed by atoms with Gasteiger partial charge in [-0.3, -0.25) is 4.79 Å². The first-order valence-electron chi connectivity index (χ1n) is 3.18. The van der Waals surface area contributed by atoms with E-state index in [0.29, 0.717) is 15.8 Å². The molecular formula is C8H6Br2O2. The molecule has 1 aromatic rings. The molecule has 2 nitrogen and oxygen atoms in total. The highest BCUT2D eigenvalue weighted by molar-refractivity contribution is 9.11. The van der Waals surface area contributed by atoms with Crippen LogP contribution in [-0.4, -0.2) is 13.4 Å². The zero-order valence-corrected chi connectivity index (χ0v) is 9.48. The Morgan fingerprint density at radius 2 is 2.08 bits per heavy atom. The van der Waals surface area contributed by atoms with Crippen molar-refractivity contribution in [3.05, 3.63) is 26.6 Å². The van der Waals surface area contributed by atoms with Crippen LogP contribution in [-0.2, 0) is 0 Å². The lowest BCUT2D eigenvalue weighted by molar-refractivity contribution is 0.112. The van der Waals surface area contributed by atoms with Gasteiger partial charge >= 0.3 is 0 Å². The van der Waals surface area contributed by atoms with Gasteiger partial charge in [0.1, 0.15) is 5.75 Å². The van der Waals surface area contributed by atoms with Gasteiger partial charge in [0.05, 0.1) is 16.1 Å². The molecule has 0 bridgehead atoms. The number of carbonyl (C=O) groups excluding carboxylic acids is 1. The fourth-order valence-electron chi connectivity index (χ4n) is 0.826. The molecule has 1 aromatic carbocycles. The normalized spacial score (nSPS) is 9.58. The third-order valence-electron chi connectivity index (χ3n) is 1.41. The Balaban J connectivity index is 3.33. The fourth-order valence-corrected chi connectivity index (χ4v) is 2.19. The van der Waals surface area contributed by atoms with Crippen LogP contribution in [0.4, 0.5) is 0 Å². The zero-order chi connectivity index (χ0) is 9.14. The minimum atomic E-state index is 0.579. The van der Waals surface area contributed by atoms with Crippen LogP contribution in [0, 0.1) is 0 Å². The lowest BCUT2D eigenvalue weighted by Gasteiger charge is -2.06. The Labute approximate surface area is 87.2 Å². The third kappa shape index (κ3) is 1.69. The summed E-state index contributed by atoms with van der Waals surface area (Å²) in [4.78, 5) is 10.5. The van der Waals surface area contributed by atoms with Gasteiger partial charge in [-0.25, -0.2) is 0 Å². The summed E-state index contributed by atoms with van der Waals surface area (Å²) >= 11 is 6.57. The number of benzene rings is 1. The Morgan fingerprint density at radius 1 is 1.42 bits per heavy atom. The van der Waals surface area contributed by atoms with Crippen molar-refractivity contribution in [2.24, 2.45) is 0 Å². The molecule has 0 radical (unpaired) electrons. The topological polar surface area (TPSA) is 26.3 Å². The molecule has 0 aromatic heterocycles. The summed E-state index contributed by atoms with van der Waals surface area (Å²) in [7, 11) is 1.55. The summed E-state index contributed by atoms with van der Waals surface area (Å²) in [5.74, 6) is 0.639. The second-order valence-electron chi connectivity index (χ2n) is 2.10. The first-order chi connectivity index (χ1) is 5.70. The molecule has 0 amide bonds. The maximum atomic E-state index is 10.5. The summed E-state index contributed by atoms with van der Waals surface area (Å²) in [6.45, 7) is 0. The van der Waals surface area contributed by atoms with Crippen LogP contribution in [0.5, 0.6) is 5.75 Å². The number of aldehydes is 1. The van der Waals surface area contributed by atoms with Crippen molar-refractivity contribution in [1.82, 2.24) is 0 Å². The average molecular weight is 294 g/mol. The number of rotatable bonds is 2. The van der Waals surface area contributed by atoms with Crippen LogP contribution in [0.2, 0.25) is 0 Å². The van der Waals surface area contributed by atoms with Gasteiger partial charge in [0.25, 0.3) is 0 Å².